The molecule has 0 saturated carbocycles. The number of hydrogen-bond donors (Lipinski definition) is 1. The molecule has 124 valence electrons. The Morgan fingerprint density at radius 1 is 1.21 bits per heavy atom. The van der Waals surface area contributed by atoms with Gasteiger partial charge in [-0.25, -0.2) is 22.2 Å². The average Bonchev–Trinajstić information content (AvgIpc) is 3.02. The predicted octanol–water partition coefficient (Wildman–Crippen LogP) is 1.59. The van der Waals surface area contributed by atoms with E-state index in [2.05, 4.69) is 20.0 Å². The van der Waals surface area contributed by atoms with E-state index in [0.29, 0.717) is 11.3 Å². The van der Waals surface area contributed by atoms with Crippen LogP contribution in [0.3, 0.4) is 0 Å². The van der Waals surface area contributed by atoms with Gasteiger partial charge in [-0.2, -0.15) is 0 Å². The Hall–Kier alpha value is -2.65. The minimum atomic E-state index is -3.76. The lowest BCUT2D eigenvalue weighted by Gasteiger charge is -2.08. The van der Waals surface area contributed by atoms with E-state index in [4.69, 9.17) is 0 Å². The van der Waals surface area contributed by atoms with Crippen LogP contribution in [0, 0.1) is 12.7 Å². The lowest BCUT2D eigenvalue weighted by Crippen LogP contribution is -2.24. The molecule has 0 radical (unpaired) electrons. The number of aromatic nitrogens is 4. The molecule has 0 spiro atoms. The summed E-state index contributed by atoms with van der Waals surface area (Å²) < 4.78 is 41.7. The average molecular weight is 347 g/mol. The van der Waals surface area contributed by atoms with E-state index in [-0.39, 0.29) is 11.4 Å². The van der Waals surface area contributed by atoms with Crippen molar-refractivity contribution in [2.24, 2.45) is 0 Å². The first kappa shape index (κ1) is 16.2. The zero-order valence-corrected chi connectivity index (χ0v) is 13.5. The van der Waals surface area contributed by atoms with Gasteiger partial charge in [-0.1, -0.05) is 5.21 Å². The number of aryl methyl sites for hydroxylation is 1. The maximum absolute atomic E-state index is 13.1. The number of halogens is 1. The summed E-state index contributed by atoms with van der Waals surface area (Å²) in [5.41, 5.74) is 1.55. The third-order valence-corrected chi connectivity index (χ3v) is 4.90. The molecule has 0 aliphatic heterocycles. The first-order valence-corrected chi connectivity index (χ1v) is 8.51. The minimum Gasteiger partial charge on any atom is -0.265 e. The monoisotopic (exact) mass is 347 g/mol. The van der Waals surface area contributed by atoms with Gasteiger partial charge in [0.25, 0.3) is 0 Å². The van der Waals surface area contributed by atoms with Gasteiger partial charge >= 0.3 is 0 Å². The van der Waals surface area contributed by atoms with Crippen molar-refractivity contribution in [2.75, 3.05) is 0 Å². The third kappa shape index (κ3) is 3.47. The summed E-state index contributed by atoms with van der Waals surface area (Å²) >= 11 is 0. The SMILES string of the molecule is Cc1cc(F)ccc1S(=O)(=O)NCc1cn(-c2ccncc2)nn1. The molecule has 1 N–H and O–H groups in total. The van der Waals surface area contributed by atoms with Crippen molar-refractivity contribution in [2.45, 2.75) is 18.4 Å². The lowest BCUT2D eigenvalue weighted by atomic mass is 10.2. The number of sulfonamides is 1. The zero-order valence-electron chi connectivity index (χ0n) is 12.7. The maximum Gasteiger partial charge on any atom is 0.241 e. The second kappa shape index (κ2) is 6.46. The second-order valence-electron chi connectivity index (χ2n) is 5.09. The highest BCUT2D eigenvalue weighted by Crippen LogP contribution is 2.16. The molecular formula is C15H14FN5O2S. The van der Waals surface area contributed by atoms with E-state index < -0.39 is 15.8 Å². The normalized spacial score (nSPS) is 11.6. The predicted molar refractivity (Wildman–Crippen MR) is 84.3 cm³/mol. The molecule has 2 aromatic heterocycles. The molecule has 9 heteroatoms. The summed E-state index contributed by atoms with van der Waals surface area (Å²) in [6, 6.07) is 7.03. The number of rotatable bonds is 5. The number of pyridine rings is 1. The van der Waals surface area contributed by atoms with Crippen molar-refractivity contribution in [3.63, 3.8) is 0 Å². The number of hydrogen-bond acceptors (Lipinski definition) is 5. The van der Waals surface area contributed by atoms with Crippen LogP contribution in [0.1, 0.15) is 11.3 Å². The smallest absolute Gasteiger partial charge is 0.241 e. The Morgan fingerprint density at radius 3 is 2.67 bits per heavy atom. The highest BCUT2D eigenvalue weighted by atomic mass is 32.2. The van der Waals surface area contributed by atoms with Crippen molar-refractivity contribution in [1.82, 2.24) is 24.7 Å². The maximum atomic E-state index is 13.1. The van der Waals surface area contributed by atoms with Crippen LogP contribution in [0.4, 0.5) is 4.39 Å². The van der Waals surface area contributed by atoms with Gasteiger partial charge in [-0.15, -0.1) is 5.10 Å². The molecule has 2 heterocycles. The summed E-state index contributed by atoms with van der Waals surface area (Å²) in [4.78, 5) is 3.95. The molecule has 0 atom stereocenters. The van der Waals surface area contributed by atoms with Gasteiger partial charge in [0.2, 0.25) is 10.0 Å². The Balaban J connectivity index is 1.75. The molecular weight excluding hydrogens is 333 g/mol. The van der Waals surface area contributed by atoms with E-state index in [0.717, 1.165) is 11.8 Å². The van der Waals surface area contributed by atoms with Crippen molar-refractivity contribution < 1.29 is 12.8 Å². The van der Waals surface area contributed by atoms with Crippen LogP contribution < -0.4 is 4.72 Å². The molecule has 0 amide bonds. The fourth-order valence-corrected chi connectivity index (χ4v) is 3.39. The molecule has 0 aliphatic rings. The van der Waals surface area contributed by atoms with Crippen LogP contribution in [0.5, 0.6) is 0 Å². The van der Waals surface area contributed by atoms with Gasteiger partial charge in [0.05, 0.1) is 29.0 Å². The summed E-state index contributed by atoms with van der Waals surface area (Å²) in [5.74, 6) is -0.480. The van der Waals surface area contributed by atoms with Crippen LogP contribution in [0.25, 0.3) is 5.69 Å². The summed E-state index contributed by atoms with van der Waals surface area (Å²) in [5, 5.41) is 7.87. The van der Waals surface area contributed by atoms with E-state index in [1.165, 1.54) is 23.7 Å². The Morgan fingerprint density at radius 2 is 1.96 bits per heavy atom. The number of nitrogens with zero attached hydrogens (tertiary/aromatic N) is 4. The zero-order chi connectivity index (χ0) is 17.2. The number of nitrogens with one attached hydrogen (secondary N) is 1. The van der Waals surface area contributed by atoms with Crippen molar-refractivity contribution in [3.05, 3.63) is 66.0 Å². The summed E-state index contributed by atoms with van der Waals surface area (Å²) in [6.45, 7) is 1.52. The highest BCUT2D eigenvalue weighted by Gasteiger charge is 2.17. The molecule has 3 rings (SSSR count). The summed E-state index contributed by atoms with van der Waals surface area (Å²) in [6.07, 6.45) is 4.86. The molecule has 0 bridgehead atoms. The van der Waals surface area contributed by atoms with E-state index in [1.807, 2.05) is 0 Å². The highest BCUT2D eigenvalue weighted by molar-refractivity contribution is 7.89. The first-order valence-electron chi connectivity index (χ1n) is 7.03. The molecule has 1 aromatic carbocycles. The van der Waals surface area contributed by atoms with E-state index in [9.17, 15) is 12.8 Å². The fourth-order valence-electron chi connectivity index (χ4n) is 2.16. The van der Waals surface area contributed by atoms with Gasteiger partial charge in [0.15, 0.2) is 0 Å². The molecule has 7 nitrogen and oxygen atoms in total. The van der Waals surface area contributed by atoms with Crippen LogP contribution >= 0.6 is 0 Å². The molecule has 0 unspecified atom stereocenters. The molecule has 0 saturated heterocycles. The quantitative estimate of drug-likeness (QED) is 0.757. The van der Waals surface area contributed by atoms with Gasteiger partial charge < -0.3 is 0 Å². The molecule has 0 fully saturated rings. The third-order valence-electron chi connectivity index (χ3n) is 3.34. The van der Waals surface area contributed by atoms with Crippen molar-refractivity contribution in [3.8, 4) is 5.69 Å². The van der Waals surface area contributed by atoms with E-state index in [1.54, 1.807) is 30.7 Å². The van der Waals surface area contributed by atoms with Crippen LogP contribution in [0.15, 0.2) is 53.8 Å². The van der Waals surface area contributed by atoms with Crippen LogP contribution in [0.2, 0.25) is 0 Å². The summed E-state index contributed by atoms with van der Waals surface area (Å²) in [7, 11) is -3.76. The van der Waals surface area contributed by atoms with Gasteiger partial charge in [-0.3, -0.25) is 4.98 Å². The molecule has 24 heavy (non-hydrogen) atoms. The minimum absolute atomic E-state index is 0.0236. The standard InChI is InChI=1S/C15H14FN5O2S/c1-11-8-12(16)2-3-15(11)24(22,23)18-9-13-10-21(20-19-13)14-4-6-17-7-5-14/h2-8,10,18H,9H2,1H3. The Labute approximate surface area is 138 Å². The number of benzene rings is 1. The lowest BCUT2D eigenvalue weighted by molar-refractivity contribution is 0.578. The first-order chi connectivity index (χ1) is 11.5. The van der Waals surface area contributed by atoms with Gasteiger partial charge in [-0.05, 0) is 42.8 Å². The van der Waals surface area contributed by atoms with E-state index >= 15 is 0 Å². The second-order valence-corrected chi connectivity index (χ2v) is 6.83. The van der Waals surface area contributed by atoms with Crippen LogP contribution in [-0.2, 0) is 16.6 Å². The Bertz CT molecular complexity index is 957. The molecule has 0 aliphatic carbocycles. The van der Waals surface area contributed by atoms with Crippen molar-refractivity contribution in [1.29, 1.82) is 0 Å². The Kier molecular flexibility index (Phi) is 4.36. The molecule has 3 aromatic rings. The van der Waals surface area contributed by atoms with Gasteiger partial charge in [0.1, 0.15) is 5.82 Å². The van der Waals surface area contributed by atoms with Gasteiger partial charge in [0, 0.05) is 12.4 Å². The topological polar surface area (TPSA) is 89.8 Å². The van der Waals surface area contributed by atoms with Crippen LogP contribution in [-0.4, -0.2) is 28.4 Å². The fraction of sp³-hybridized carbons (Fsp3) is 0.133. The largest absolute Gasteiger partial charge is 0.265 e. The van der Waals surface area contributed by atoms with Crippen molar-refractivity contribution >= 4 is 10.0 Å².